The Morgan fingerprint density at radius 1 is 1.15 bits per heavy atom. The lowest BCUT2D eigenvalue weighted by atomic mass is 9.99. The number of amides is 1. The van der Waals surface area contributed by atoms with Gasteiger partial charge in [-0.15, -0.1) is 0 Å². The van der Waals surface area contributed by atoms with Crippen LogP contribution in [0.25, 0.3) is 0 Å². The second-order valence-electron chi connectivity index (χ2n) is 6.58. The maximum atomic E-state index is 13.0. The summed E-state index contributed by atoms with van der Waals surface area (Å²) in [5.74, 6) is -1.21. The van der Waals surface area contributed by atoms with E-state index in [0.717, 1.165) is 0 Å². The normalized spacial score (nSPS) is 18.2. The van der Waals surface area contributed by atoms with Gasteiger partial charge in [0.1, 0.15) is 5.82 Å². The fourth-order valence-electron chi connectivity index (χ4n) is 3.07. The van der Waals surface area contributed by atoms with Crippen molar-refractivity contribution in [3.8, 4) is 0 Å². The van der Waals surface area contributed by atoms with Crippen LogP contribution in [-0.2, 0) is 20.6 Å². The minimum Gasteiger partial charge on any atom is -0.326 e. The lowest BCUT2D eigenvalue weighted by Crippen LogP contribution is -2.44. The quantitative estimate of drug-likeness (QED) is 0.818. The van der Waals surface area contributed by atoms with Crippen LogP contribution >= 0.6 is 11.6 Å². The molecule has 2 aromatic rings. The van der Waals surface area contributed by atoms with E-state index in [9.17, 15) is 17.6 Å². The molecule has 27 heavy (non-hydrogen) atoms. The Bertz CT molecular complexity index is 902. The molecule has 0 unspecified atom stereocenters. The molecule has 144 valence electrons. The van der Waals surface area contributed by atoms with E-state index in [2.05, 4.69) is 5.32 Å². The van der Waals surface area contributed by atoms with Gasteiger partial charge in [0.15, 0.2) is 0 Å². The van der Waals surface area contributed by atoms with Crippen molar-refractivity contribution in [2.75, 3.05) is 18.4 Å². The van der Waals surface area contributed by atoms with Gasteiger partial charge in [-0.05, 0) is 54.8 Å². The third-order valence-corrected chi connectivity index (χ3v) is 6.59. The molecule has 0 aliphatic carbocycles. The van der Waals surface area contributed by atoms with Crippen molar-refractivity contribution in [1.29, 1.82) is 0 Å². The number of hydrogen-bond donors (Lipinski definition) is 1. The summed E-state index contributed by atoms with van der Waals surface area (Å²) in [5.41, 5.74) is 1.14. The highest BCUT2D eigenvalue weighted by atomic mass is 35.5. The molecule has 8 heteroatoms. The van der Waals surface area contributed by atoms with Crippen LogP contribution in [0.5, 0.6) is 0 Å². The van der Waals surface area contributed by atoms with Crippen LogP contribution in [0.4, 0.5) is 10.1 Å². The molecule has 1 aliphatic heterocycles. The Hall–Kier alpha value is -1.96. The van der Waals surface area contributed by atoms with Gasteiger partial charge >= 0.3 is 0 Å². The molecule has 5 nitrogen and oxygen atoms in total. The molecule has 3 rings (SSSR count). The summed E-state index contributed by atoms with van der Waals surface area (Å²) in [6, 6.07) is 12.2. The van der Waals surface area contributed by atoms with Gasteiger partial charge in [0.05, 0.1) is 11.7 Å². The molecule has 1 heterocycles. The topological polar surface area (TPSA) is 66.5 Å². The number of nitrogens with zero attached hydrogens (tertiary/aromatic N) is 1. The Morgan fingerprint density at radius 3 is 2.48 bits per heavy atom. The highest BCUT2D eigenvalue weighted by molar-refractivity contribution is 7.88. The molecule has 1 fully saturated rings. The van der Waals surface area contributed by atoms with Gasteiger partial charge < -0.3 is 5.32 Å². The Kier molecular flexibility index (Phi) is 6.14. The number of carbonyl (C=O) groups is 1. The van der Waals surface area contributed by atoms with E-state index < -0.39 is 15.9 Å². The van der Waals surface area contributed by atoms with Crippen molar-refractivity contribution in [3.05, 3.63) is 64.9 Å². The molecule has 1 saturated heterocycles. The molecular weight excluding hydrogens is 391 g/mol. The molecule has 2 aromatic carbocycles. The number of sulfonamides is 1. The summed E-state index contributed by atoms with van der Waals surface area (Å²) in [6.45, 7) is 0.541. The van der Waals surface area contributed by atoms with Gasteiger partial charge in [-0.25, -0.2) is 17.1 Å². The highest BCUT2D eigenvalue weighted by Crippen LogP contribution is 2.23. The van der Waals surface area contributed by atoms with Gasteiger partial charge in [-0.1, -0.05) is 23.7 Å². The number of halogens is 2. The molecule has 0 radical (unpaired) electrons. The van der Waals surface area contributed by atoms with E-state index in [1.165, 1.54) is 28.6 Å². The van der Waals surface area contributed by atoms with Gasteiger partial charge in [-0.3, -0.25) is 4.79 Å². The van der Waals surface area contributed by atoms with Gasteiger partial charge in [0.25, 0.3) is 0 Å². The van der Waals surface area contributed by atoms with Crippen LogP contribution in [0.2, 0.25) is 5.02 Å². The van der Waals surface area contributed by atoms with Crippen molar-refractivity contribution >= 4 is 33.2 Å². The number of carbonyl (C=O) groups excluding carboxylic acids is 1. The zero-order valence-corrected chi connectivity index (χ0v) is 16.1. The van der Waals surface area contributed by atoms with Crippen LogP contribution in [-0.4, -0.2) is 31.7 Å². The molecular formula is C19H20ClFN2O3S. The summed E-state index contributed by atoms with van der Waals surface area (Å²) in [5, 5.41) is 3.27. The predicted molar refractivity (Wildman–Crippen MR) is 103 cm³/mol. The number of hydrogen-bond acceptors (Lipinski definition) is 3. The largest absolute Gasteiger partial charge is 0.326 e. The summed E-state index contributed by atoms with van der Waals surface area (Å²) >= 11 is 5.84. The van der Waals surface area contributed by atoms with Crippen molar-refractivity contribution in [1.82, 2.24) is 4.31 Å². The van der Waals surface area contributed by atoms with Crippen LogP contribution in [0.3, 0.4) is 0 Å². The highest BCUT2D eigenvalue weighted by Gasteiger charge is 2.32. The average molecular weight is 411 g/mol. The molecule has 0 spiro atoms. The molecule has 1 amide bonds. The zero-order chi connectivity index (χ0) is 19.4. The first-order valence-electron chi connectivity index (χ1n) is 8.62. The maximum Gasteiger partial charge on any atom is 0.228 e. The van der Waals surface area contributed by atoms with Crippen molar-refractivity contribution < 1.29 is 17.6 Å². The summed E-state index contributed by atoms with van der Waals surface area (Å²) in [6.07, 6.45) is 1.22. The first-order chi connectivity index (χ1) is 12.8. The zero-order valence-electron chi connectivity index (χ0n) is 14.6. The minimum atomic E-state index is -3.53. The van der Waals surface area contributed by atoms with Crippen LogP contribution in [0.1, 0.15) is 18.4 Å². The SMILES string of the molecule is O=C(Nc1ccc(F)cc1)[C@@H]1CCCN(S(=O)(=O)Cc2ccc(Cl)cc2)C1. The number of rotatable bonds is 5. The van der Waals surface area contributed by atoms with E-state index in [-0.39, 0.29) is 24.0 Å². The van der Waals surface area contributed by atoms with E-state index in [1.807, 2.05) is 0 Å². The Balaban J connectivity index is 1.64. The third kappa shape index (κ3) is 5.28. The minimum absolute atomic E-state index is 0.129. The Labute approximate surface area is 163 Å². The number of benzene rings is 2. The van der Waals surface area contributed by atoms with E-state index in [0.29, 0.717) is 35.7 Å². The predicted octanol–water partition coefficient (Wildman–Crippen LogP) is 3.66. The summed E-state index contributed by atoms with van der Waals surface area (Å²) in [4.78, 5) is 12.5. The van der Waals surface area contributed by atoms with E-state index in [4.69, 9.17) is 11.6 Å². The average Bonchev–Trinajstić information content (AvgIpc) is 2.65. The second-order valence-corrected chi connectivity index (χ2v) is 8.98. The molecule has 0 aromatic heterocycles. The molecule has 0 saturated carbocycles. The number of nitrogens with one attached hydrogen (secondary N) is 1. The van der Waals surface area contributed by atoms with Crippen molar-refractivity contribution in [3.63, 3.8) is 0 Å². The first-order valence-corrected chi connectivity index (χ1v) is 10.6. The van der Waals surface area contributed by atoms with Crippen LogP contribution < -0.4 is 5.32 Å². The van der Waals surface area contributed by atoms with E-state index in [1.54, 1.807) is 24.3 Å². The third-order valence-electron chi connectivity index (χ3n) is 4.52. The fraction of sp³-hybridized carbons (Fsp3) is 0.316. The van der Waals surface area contributed by atoms with Gasteiger partial charge in [0.2, 0.25) is 15.9 Å². The lowest BCUT2D eigenvalue weighted by molar-refractivity contribution is -0.120. The number of piperidine rings is 1. The number of anilines is 1. The monoisotopic (exact) mass is 410 g/mol. The van der Waals surface area contributed by atoms with E-state index >= 15 is 0 Å². The molecule has 1 atom stereocenters. The summed E-state index contributed by atoms with van der Waals surface area (Å²) in [7, 11) is -3.53. The lowest BCUT2D eigenvalue weighted by Gasteiger charge is -2.31. The molecule has 0 bridgehead atoms. The smallest absolute Gasteiger partial charge is 0.228 e. The van der Waals surface area contributed by atoms with Crippen LogP contribution in [0.15, 0.2) is 48.5 Å². The van der Waals surface area contributed by atoms with Crippen LogP contribution in [0, 0.1) is 11.7 Å². The first kappa shape index (κ1) is 19.8. The van der Waals surface area contributed by atoms with Gasteiger partial charge in [-0.2, -0.15) is 0 Å². The molecule has 1 aliphatic rings. The fourth-order valence-corrected chi connectivity index (χ4v) is 4.81. The van der Waals surface area contributed by atoms with Crippen molar-refractivity contribution in [2.45, 2.75) is 18.6 Å². The second kappa shape index (κ2) is 8.37. The van der Waals surface area contributed by atoms with Gasteiger partial charge in [0, 0.05) is 23.8 Å². The summed E-state index contributed by atoms with van der Waals surface area (Å²) < 4.78 is 39.8. The standard InChI is InChI=1S/C19H20ClFN2O3S/c20-16-5-3-14(4-6-16)13-27(25,26)23-11-1-2-15(12-23)19(24)22-18-9-7-17(21)8-10-18/h3-10,15H,1-2,11-13H2,(H,22,24)/t15-/m1/s1. The van der Waals surface area contributed by atoms with Crippen molar-refractivity contribution in [2.24, 2.45) is 5.92 Å². The Morgan fingerprint density at radius 2 is 1.81 bits per heavy atom. The molecule has 1 N–H and O–H groups in total. The maximum absolute atomic E-state index is 13.0.